The van der Waals surface area contributed by atoms with Crippen LogP contribution in [-0.2, 0) is 4.74 Å². The second kappa shape index (κ2) is 5.76. The SMILES string of the molecule is COC(=O)c1cccc2c(C(=O)O)nc(C3CCNCC3)n12. The van der Waals surface area contributed by atoms with Crippen molar-refractivity contribution in [3.05, 3.63) is 35.4 Å². The predicted molar refractivity (Wildman–Crippen MR) is 78.3 cm³/mol. The average Bonchev–Trinajstić information content (AvgIpc) is 2.95. The number of carbonyl (C=O) groups is 2. The van der Waals surface area contributed by atoms with Crippen LogP contribution in [0.25, 0.3) is 5.52 Å². The fraction of sp³-hybridized carbons (Fsp3) is 0.400. The molecule has 1 fully saturated rings. The number of aromatic carboxylic acids is 1. The number of esters is 1. The van der Waals surface area contributed by atoms with Crippen molar-refractivity contribution in [1.82, 2.24) is 14.7 Å². The highest BCUT2D eigenvalue weighted by molar-refractivity contribution is 5.96. The monoisotopic (exact) mass is 303 g/mol. The van der Waals surface area contributed by atoms with Gasteiger partial charge in [-0.1, -0.05) is 6.07 Å². The van der Waals surface area contributed by atoms with Gasteiger partial charge in [-0.3, -0.25) is 4.40 Å². The quantitative estimate of drug-likeness (QED) is 0.830. The van der Waals surface area contributed by atoms with E-state index < -0.39 is 11.9 Å². The number of rotatable bonds is 3. The van der Waals surface area contributed by atoms with E-state index in [1.807, 2.05) is 0 Å². The molecular weight excluding hydrogens is 286 g/mol. The van der Waals surface area contributed by atoms with Crippen LogP contribution in [0.2, 0.25) is 0 Å². The van der Waals surface area contributed by atoms with Crippen molar-refractivity contribution in [1.29, 1.82) is 0 Å². The zero-order chi connectivity index (χ0) is 15.7. The molecular formula is C15H17N3O4. The third-order valence-electron chi connectivity index (χ3n) is 3.99. The summed E-state index contributed by atoms with van der Waals surface area (Å²) < 4.78 is 6.44. The molecule has 0 atom stereocenters. The van der Waals surface area contributed by atoms with Gasteiger partial charge in [0.1, 0.15) is 11.5 Å². The number of hydrogen-bond acceptors (Lipinski definition) is 5. The second-order valence-corrected chi connectivity index (χ2v) is 5.27. The van der Waals surface area contributed by atoms with Crippen molar-refractivity contribution < 1.29 is 19.4 Å². The molecule has 0 saturated carbocycles. The minimum absolute atomic E-state index is 0.0284. The van der Waals surface area contributed by atoms with Crippen LogP contribution >= 0.6 is 0 Å². The number of piperidine rings is 1. The first kappa shape index (κ1) is 14.5. The molecule has 0 amide bonds. The summed E-state index contributed by atoms with van der Waals surface area (Å²) in [5, 5.41) is 12.6. The number of hydrogen-bond donors (Lipinski definition) is 2. The van der Waals surface area contributed by atoms with Crippen molar-refractivity contribution in [2.45, 2.75) is 18.8 Å². The first-order valence-corrected chi connectivity index (χ1v) is 7.17. The minimum Gasteiger partial charge on any atom is -0.476 e. The van der Waals surface area contributed by atoms with Gasteiger partial charge in [0, 0.05) is 5.92 Å². The molecule has 0 bridgehead atoms. The van der Waals surface area contributed by atoms with Crippen LogP contribution < -0.4 is 5.32 Å². The fourth-order valence-corrected chi connectivity index (χ4v) is 2.94. The highest BCUT2D eigenvalue weighted by Gasteiger charge is 2.27. The number of carboxylic acids is 1. The van der Waals surface area contributed by atoms with Crippen LogP contribution in [0, 0.1) is 0 Å². The van der Waals surface area contributed by atoms with Gasteiger partial charge in [-0.25, -0.2) is 14.6 Å². The molecule has 0 radical (unpaired) electrons. The van der Waals surface area contributed by atoms with E-state index in [-0.39, 0.29) is 11.6 Å². The molecule has 2 aromatic heterocycles. The van der Waals surface area contributed by atoms with Crippen LogP contribution in [0.15, 0.2) is 18.2 Å². The average molecular weight is 303 g/mol. The zero-order valence-electron chi connectivity index (χ0n) is 12.2. The number of imidazole rings is 1. The number of pyridine rings is 1. The first-order valence-electron chi connectivity index (χ1n) is 7.17. The van der Waals surface area contributed by atoms with E-state index in [2.05, 4.69) is 10.3 Å². The van der Waals surface area contributed by atoms with Crippen molar-refractivity contribution >= 4 is 17.5 Å². The molecule has 0 spiro atoms. The highest BCUT2D eigenvalue weighted by atomic mass is 16.5. The van der Waals surface area contributed by atoms with E-state index in [9.17, 15) is 14.7 Å². The molecule has 7 nitrogen and oxygen atoms in total. The smallest absolute Gasteiger partial charge is 0.356 e. The van der Waals surface area contributed by atoms with Gasteiger partial charge in [-0.05, 0) is 38.1 Å². The van der Waals surface area contributed by atoms with E-state index >= 15 is 0 Å². The van der Waals surface area contributed by atoms with Gasteiger partial charge in [-0.15, -0.1) is 0 Å². The number of aromatic nitrogens is 2. The van der Waals surface area contributed by atoms with Crippen molar-refractivity contribution in [2.75, 3.05) is 20.2 Å². The first-order chi connectivity index (χ1) is 10.6. The van der Waals surface area contributed by atoms with Crippen LogP contribution in [0.5, 0.6) is 0 Å². The lowest BCUT2D eigenvalue weighted by Crippen LogP contribution is -2.28. The van der Waals surface area contributed by atoms with Gasteiger partial charge in [0.05, 0.1) is 12.6 Å². The Morgan fingerprint density at radius 1 is 1.36 bits per heavy atom. The van der Waals surface area contributed by atoms with E-state index in [1.165, 1.54) is 7.11 Å². The van der Waals surface area contributed by atoms with Crippen molar-refractivity contribution in [3.8, 4) is 0 Å². The molecule has 22 heavy (non-hydrogen) atoms. The minimum atomic E-state index is -1.10. The number of ether oxygens (including phenoxy) is 1. The summed E-state index contributed by atoms with van der Waals surface area (Å²) in [4.78, 5) is 27.8. The summed E-state index contributed by atoms with van der Waals surface area (Å²) in [6, 6.07) is 4.92. The van der Waals surface area contributed by atoms with Gasteiger partial charge in [-0.2, -0.15) is 0 Å². The van der Waals surface area contributed by atoms with Gasteiger partial charge in [0.2, 0.25) is 0 Å². The molecule has 1 aliphatic rings. The Labute approximate surface area is 126 Å². The normalized spacial score (nSPS) is 15.9. The van der Waals surface area contributed by atoms with Gasteiger partial charge >= 0.3 is 11.9 Å². The van der Waals surface area contributed by atoms with Gasteiger partial charge in [0.15, 0.2) is 5.69 Å². The molecule has 3 rings (SSSR count). The number of nitrogens with zero attached hydrogens (tertiary/aromatic N) is 2. The highest BCUT2D eigenvalue weighted by Crippen LogP contribution is 2.28. The third kappa shape index (κ3) is 2.33. The molecule has 116 valence electrons. The largest absolute Gasteiger partial charge is 0.476 e. The standard InChI is InChI=1S/C15H17N3O4/c1-22-15(21)11-4-2-3-10-12(14(19)20)17-13(18(10)11)9-5-7-16-8-6-9/h2-4,9,16H,5-8H2,1H3,(H,19,20). The van der Waals surface area contributed by atoms with E-state index in [4.69, 9.17) is 4.74 Å². The molecule has 2 aromatic rings. The summed E-state index contributed by atoms with van der Waals surface area (Å²) >= 11 is 0. The summed E-state index contributed by atoms with van der Waals surface area (Å²) in [7, 11) is 1.31. The fourth-order valence-electron chi connectivity index (χ4n) is 2.94. The molecule has 0 aliphatic carbocycles. The summed E-state index contributed by atoms with van der Waals surface area (Å²) in [6.45, 7) is 1.70. The number of carboxylic acid groups (broad SMARTS) is 1. The lowest BCUT2D eigenvalue weighted by atomic mass is 9.97. The molecule has 0 unspecified atom stereocenters. The van der Waals surface area contributed by atoms with Crippen LogP contribution in [-0.4, -0.2) is 46.6 Å². The molecule has 2 N–H and O–H groups in total. The lowest BCUT2D eigenvalue weighted by Gasteiger charge is -2.22. The molecule has 1 saturated heterocycles. The van der Waals surface area contributed by atoms with Crippen molar-refractivity contribution in [3.63, 3.8) is 0 Å². The van der Waals surface area contributed by atoms with Crippen LogP contribution in [0.1, 0.15) is 45.6 Å². The molecule has 3 heterocycles. The molecule has 1 aliphatic heterocycles. The Morgan fingerprint density at radius 3 is 2.73 bits per heavy atom. The van der Waals surface area contributed by atoms with Crippen LogP contribution in [0.3, 0.4) is 0 Å². The van der Waals surface area contributed by atoms with Gasteiger partial charge in [0.25, 0.3) is 0 Å². The Morgan fingerprint density at radius 2 is 2.09 bits per heavy atom. The van der Waals surface area contributed by atoms with Crippen LogP contribution in [0.4, 0.5) is 0 Å². The van der Waals surface area contributed by atoms with E-state index in [0.717, 1.165) is 25.9 Å². The summed E-state index contributed by atoms with van der Waals surface area (Å²) in [6.07, 6.45) is 1.71. The topological polar surface area (TPSA) is 92.9 Å². The number of nitrogens with one attached hydrogen (secondary N) is 1. The Bertz CT molecular complexity index is 732. The van der Waals surface area contributed by atoms with E-state index in [1.54, 1.807) is 22.6 Å². The van der Waals surface area contributed by atoms with E-state index in [0.29, 0.717) is 17.0 Å². The predicted octanol–water partition coefficient (Wildman–Crippen LogP) is 1.29. The Balaban J connectivity index is 2.25. The molecule has 0 aromatic carbocycles. The summed E-state index contributed by atoms with van der Waals surface area (Å²) in [5.74, 6) is -0.864. The number of fused-ring (bicyclic) bond motifs is 1. The maximum absolute atomic E-state index is 12.0. The second-order valence-electron chi connectivity index (χ2n) is 5.27. The maximum atomic E-state index is 12.0. The number of methoxy groups -OCH3 is 1. The zero-order valence-corrected chi connectivity index (χ0v) is 12.2. The third-order valence-corrected chi connectivity index (χ3v) is 3.99. The molecule has 7 heteroatoms. The Kier molecular flexibility index (Phi) is 3.81. The maximum Gasteiger partial charge on any atom is 0.356 e. The number of carbonyl (C=O) groups excluding carboxylic acids is 1. The van der Waals surface area contributed by atoms with Gasteiger partial charge < -0.3 is 15.2 Å². The lowest BCUT2D eigenvalue weighted by molar-refractivity contribution is 0.0590. The van der Waals surface area contributed by atoms with Crippen molar-refractivity contribution in [2.24, 2.45) is 0 Å². The Hall–Kier alpha value is -2.41. The summed E-state index contributed by atoms with van der Waals surface area (Å²) in [5.41, 5.74) is 0.691.